The molecule has 0 amide bonds. The number of halogens is 1. The van der Waals surface area contributed by atoms with E-state index in [0.29, 0.717) is 11.0 Å². The number of alkyl halides is 1. The summed E-state index contributed by atoms with van der Waals surface area (Å²) in [4.78, 5) is 13.0. The summed E-state index contributed by atoms with van der Waals surface area (Å²) in [6.07, 6.45) is 4.61. The Labute approximate surface area is 115 Å². The van der Waals surface area contributed by atoms with Crippen LogP contribution in [0.15, 0.2) is 29.2 Å². The fraction of sp³-hybridized carbons (Fsp3) is 0.500. The van der Waals surface area contributed by atoms with Gasteiger partial charge in [-0.1, -0.05) is 34.1 Å². The van der Waals surface area contributed by atoms with Gasteiger partial charge >= 0.3 is 0 Å². The molecule has 0 aromatic heterocycles. The zero-order chi connectivity index (χ0) is 12.1. The summed E-state index contributed by atoms with van der Waals surface area (Å²) in [5.41, 5.74) is 1.45. The number of fused-ring (bicyclic) bond motifs is 1. The van der Waals surface area contributed by atoms with Gasteiger partial charge in [-0.2, -0.15) is 0 Å². The van der Waals surface area contributed by atoms with Gasteiger partial charge in [0.25, 0.3) is 0 Å². The molecule has 1 nitrogen and oxygen atoms in total. The van der Waals surface area contributed by atoms with Crippen molar-refractivity contribution in [3.63, 3.8) is 0 Å². The van der Waals surface area contributed by atoms with Gasteiger partial charge in [-0.05, 0) is 30.9 Å². The van der Waals surface area contributed by atoms with E-state index in [1.807, 2.05) is 11.8 Å². The topological polar surface area (TPSA) is 17.1 Å². The van der Waals surface area contributed by atoms with Gasteiger partial charge < -0.3 is 0 Å². The summed E-state index contributed by atoms with van der Waals surface area (Å²) >= 11 is 5.30. The van der Waals surface area contributed by atoms with E-state index in [1.165, 1.54) is 10.5 Å². The molecule has 0 saturated carbocycles. The largest absolute Gasteiger partial charge is 0.300 e. The molecule has 0 bridgehead atoms. The van der Waals surface area contributed by atoms with Crippen molar-refractivity contribution < 1.29 is 4.79 Å². The lowest BCUT2D eigenvalue weighted by Crippen LogP contribution is -2.06. The van der Waals surface area contributed by atoms with E-state index in [0.717, 1.165) is 37.4 Å². The van der Waals surface area contributed by atoms with E-state index in [2.05, 4.69) is 40.2 Å². The highest BCUT2D eigenvalue weighted by Crippen LogP contribution is 2.38. The number of carbonyl (C=O) groups excluding carboxylic acids is 1. The predicted molar refractivity (Wildman–Crippen MR) is 77.1 cm³/mol. The van der Waals surface area contributed by atoms with Crippen LogP contribution in [0.5, 0.6) is 0 Å². The average molecular weight is 313 g/mol. The van der Waals surface area contributed by atoms with Crippen molar-refractivity contribution in [2.24, 2.45) is 0 Å². The van der Waals surface area contributed by atoms with Gasteiger partial charge in [0, 0.05) is 28.3 Å². The van der Waals surface area contributed by atoms with Crippen molar-refractivity contribution in [2.75, 3.05) is 5.33 Å². The lowest BCUT2D eigenvalue weighted by atomic mass is 10.0. The molecule has 0 spiro atoms. The van der Waals surface area contributed by atoms with E-state index in [9.17, 15) is 4.79 Å². The summed E-state index contributed by atoms with van der Waals surface area (Å²) in [6, 6.07) is 8.58. The van der Waals surface area contributed by atoms with Crippen molar-refractivity contribution in [2.45, 2.75) is 42.2 Å². The molecule has 0 radical (unpaired) electrons. The first-order valence-electron chi connectivity index (χ1n) is 6.12. The molecule has 17 heavy (non-hydrogen) atoms. The zero-order valence-corrected chi connectivity index (χ0v) is 12.2. The molecule has 1 unspecified atom stereocenters. The third-order valence-corrected chi connectivity index (χ3v) is 5.00. The normalized spacial score (nSPS) is 18.1. The van der Waals surface area contributed by atoms with Gasteiger partial charge in [0.15, 0.2) is 0 Å². The van der Waals surface area contributed by atoms with Crippen molar-refractivity contribution >= 4 is 33.5 Å². The highest BCUT2D eigenvalue weighted by Gasteiger charge is 2.21. The molecular weight excluding hydrogens is 296 g/mol. The minimum atomic E-state index is 0.418. The maximum atomic E-state index is 11.6. The Bertz CT molecular complexity index is 367. The van der Waals surface area contributed by atoms with Crippen molar-refractivity contribution in [3.8, 4) is 0 Å². The molecule has 1 aromatic carbocycles. The number of carbonyl (C=O) groups is 1. The van der Waals surface area contributed by atoms with Gasteiger partial charge in [0.1, 0.15) is 5.78 Å². The molecule has 1 heterocycles. The van der Waals surface area contributed by atoms with Crippen molar-refractivity contribution in [1.29, 1.82) is 0 Å². The number of hydrogen-bond acceptors (Lipinski definition) is 2. The Hall–Kier alpha value is -0.280. The fourth-order valence-corrected chi connectivity index (χ4v) is 3.72. The molecule has 0 N–H and O–H groups in total. The molecule has 2 rings (SSSR count). The average Bonchev–Trinajstić information content (AvgIpc) is 2.76. The monoisotopic (exact) mass is 312 g/mol. The number of ketones is 1. The Kier molecular flexibility index (Phi) is 5.11. The van der Waals surface area contributed by atoms with Crippen LogP contribution in [0, 0.1) is 0 Å². The number of hydrogen-bond donors (Lipinski definition) is 0. The van der Waals surface area contributed by atoms with Crippen LogP contribution in [0.2, 0.25) is 0 Å². The first-order valence-corrected chi connectivity index (χ1v) is 8.12. The second-order valence-corrected chi connectivity index (χ2v) is 6.56. The van der Waals surface area contributed by atoms with Gasteiger partial charge in [0.05, 0.1) is 0 Å². The Morgan fingerprint density at radius 2 is 2.18 bits per heavy atom. The summed E-state index contributed by atoms with van der Waals surface area (Å²) < 4.78 is 0. The molecule has 92 valence electrons. The number of thioether (sulfide) groups is 1. The molecule has 1 aliphatic heterocycles. The van der Waals surface area contributed by atoms with Crippen molar-refractivity contribution in [3.05, 3.63) is 29.8 Å². The minimum Gasteiger partial charge on any atom is -0.300 e. The van der Waals surface area contributed by atoms with E-state index < -0.39 is 0 Å². The summed E-state index contributed by atoms with van der Waals surface area (Å²) in [5.74, 6) is 0.418. The molecule has 1 aliphatic rings. The Morgan fingerprint density at radius 3 is 2.94 bits per heavy atom. The van der Waals surface area contributed by atoms with Crippen LogP contribution >= 0.6 is 27.7 Å². The van der Waals surface area contributed by atoms with Gasteiger partial charge in [0.2, 0.25) is 0 Å². The molecule has 0 saturated heterocycles. The molecular formula is C14H17BrOS. The van der Waals surface area contributed by atoms with Crippen LogP contribution in [0.25, 0.3) is 0 Å². The van der Waals surface area contributed by atoms with Crippen molar-refractivity contribution in [1.82, 2.24) is 0 Å². The fourth-order valence-electron chi connectivity index (χ4n) is 2.13. The van der Waals surface area contributed by atoms with Crippen LogP contribution in [-0.2, 0) is 11.2 Å². The predicted octanol–water partition coefficient (Wildman–Crippen LogP) is 4.23. The molecule has 1 atom stereocenters. The maximum Gasteiger partial charge on any atom is 0.132 e. The smallest absolute Gasteiger partial charge is 0.132 e. The highest BCUT2D eigenvalue weighted by atomic mass is 79.9. The highest BCUT2D eigenvalue weighted by molar-refractivity contribution is 9.09. The van der Waals surface area contributed by atoms with Crippen LogP contribution in [0.1, 0.15) is 31.2 Å². The van der Waals surface area contributed by atoms with Crippen LogP contribution in [0.4, 0.5) is 0 Å². The van der Waals surface area contributed by atoms with E-state index in [-0.39, 0.29) is 0 Å². The second kappa shape index (κ2) is 6.60. The molecule has 0 aliphatic carbocycles. The second-order valence-electron chi connectivity index (χ2n) is 4.42. The standard InChI is InChI=1S/C14H17BrOS/c15-9-3-5-12(16)7-8-13-10-11-4-1-2-6-14(11)17-13/h1-2,4,6,13H,3,5,7-10H2. The van der Waals surface area contributed by atoms with Crippen LogP contribution in [0.3, 0.4) is 0 Å². The van der Waals surface area contributed by atoms with Gasteiger partial charge in [-0.15, -0.1) is 11.8 Å². The number of Topliss-reactive ketones (excluding diaryl/α,β-unsaturated/α-hetero) is 1. The van der Waals surface area contributed by atoms with Crippen LogP contribution in [-0.4, -0.2) is 16.4 Å². The molecule has 0 fully saturated rings. The zero-order valence-electron chi connectivity index (χ0n) is 9.82. The SMILES string of the molecule is O=C(CCCBr)CCC1Cc2ccccc2S1. The lowest BCUT2D eigenvalue weighted by Gasteiger charge is -2.06. The quantitative estimate of drug-likeness (QED) is 0.731. The minimum absolute atomic E-state index is 0.418. The first kappa shape index (κ1) is 13.2. The Morgan fingerprint density at radius 1 is 1.35 bits per heavy atom. The van der Waals surface area contributed by atoms with E-state index >= 15 is 0 Å². The maximum absolute atomic E-state index is 11.6. The number of rotatable bonds is 6. The summed E-state index contributed by atoms with van der Waals surface area (Å²) in [5, 5.41) is 1.54. The van der Waals surface area contributed by atoms with Gasteiger partial charge in [-0.25, -0.2) is 0 Å². The Balaban J connectivity index is 1.75. The third-order valence-electron chi connectivity index (χ3n) is 3.05. The molecule has 3 heteroatoms. The summed E-state index contributed by atoms with van der Waals surface area (Å²) in [7, 11) is 0. The van der Waals surface area contributed by atoms with E-state index in [4.69, 9.17) is 0 Å². The summed E-state index contributed by atoms with van der Waals surface area (Å²) in [6.45, 7) is 0. The third kappa shape index (κ3) is 3.85. The van der Waals surface area contributed by atoms with Crippen LogP contribution < -0.4 is 0 Å². The van der Waals surface area contributed by atoms with Gasteiger partial charge in [-0.3, -0.25) is 4.79 Å². The first-order chi connectivity index (χ1) is 8.29. The number of benzene rings is 1. The van der Waals surface area contributed by atoms with E-state index in [1.54, 1.807) is 0 Å². The lowest BCUT2D eigenvalue weighted by molar-refractivity contribution is -0.119. The molecule has 1 aromatic rings.